The number of benzene rings is 1. The van der Waals surface area contributed by atoms with Crippen molar-refractivity contribution in [1.29, 1.82) is 0 Å². The zero-order valence-corrected chi connectivity index (χ0v) is 15.7. The van der Waals surface area contributed by atoms with E-state index in [0.717, 1.165) is 38.0 Å². The first-order valence-electron chi connectivity index (χ1n) is 9.72. The highest BCUT2D eigenvalue weighted by molar-refractivity contribution is 5.84. The maximum Gasteiger partial charge on any atom is 0.223 e. The van der Waals surface area contributed by atoms with Crippen LogP contribution in [-0.4, -0.2) is 67.0 Å². The van der Waals surface area contributed by atoms with Crippen LogP contribution in [-0.2, 0) is 20.9 Å². The number of rotatable bonds is 6. The van der Waals surface area contributed by atoms with Gasteiger partial charge in [-0.25, -0.2) is 4.39 Å². The molecule has 6 nitrogen and oxygen atoms in total. The molecular formula is C20H28FN3O3. The molecule has 1 N–H and O–H groups in total. The molecule has 27 heavy (non-hydrogen) atoms. The molecule has 0 unspecified atom stereocenters. The van der Waals surface area contributed by atoms with E-state index >= 15 is 0 Å². The van der Waals surface area contributed by atoms with Crippen molar-refractivity contribution in [1.82, 2.24) is 15.1 Å². The third-order valence-electron chi connectivity index (χ3n) is 5.20. The standard InChI is InChI=1S/C20H28FN3O3/c21-17-3-1-16(2-4-17)15-23-9-7-18(8-10-23)22-19(25)5-6-20(26)24-11-13-27-14-12-24/h1-4,18H,5-15H2,(H,22,25). The molecule has 2 fully saturated rings. The number of nitrogens with one attached hydrogen (secondary N) is 1. The van der Waals surface area contributed by atoms with Gasteiger partial charge in [-0.3, -0.25) is 14.5 Å². The Morgan fingerprint density at radius 1 is 1.04 bits per heavy atom. The van der Waals surface area contributed by atoms with Gasteiger partial charge in [-0.1, -0.05) is 12.1 Å². The predicted octanol–water partition coefficient (Wildman–Crippen LogP) is 1.55. The third-order valence-corrected chi connectivity index (χ3v) is 5.20. The molecule has 2 aliphatic rings. The molecule has 2 amide bonds. The minimum absolute atomic E-state index is 0.0302. The number of amides is 2. The van der Waals surface area contributed by atoms with Crippen LogP contribution in [0.5, 0.6) is 0 Å². The molecule has 2 heterocycles. The predicted molar refractivity (Wildman–Crippen MR) is 99.5 cm³/mol. The van der Waals surface area contributed by atoms with Crippen molar-refractivity contribution in [3.05, 3.63) is 35.6 Å². The Bertz CT molecular complexity index is 624. The summed E-state index contributed by atoms with van der Waals surface area (Å²) in [5.74, 6) is -0.233. The zero-order chi connectivity index (χ0) is 19.1. The van der Waals surface area contributed by atoms with E-state index in [2.05, 4.69) is 10.2 Å². The summed E-state index contributed by atoms with van der Waals surface area (Å²) >= 11 is 0. The summed E-state index contributed by atoms with van der Waals surface area (Å²) < 4.78 is 18.2. The Balaban J connectivity index is 1.33. The molecule has 7 heteroatoms. The number of carbonyl (C=O) groups is 2. The highest BCUT2D eigenvalue weighted by Gasteiger charge is 2.22. The first-order valence-corrected chi connectivity index (χ1v) is 9.72. The number of piperidine rings is 1. The Morgan fingerprint density at radius 2 is 1.70 bits per heavy atom. The normalized spacial score (nSPS) is 19.1. The van der Waals surface area contributed by atoms with Gasteiger partial charge < -0.3 is 15.0 Å². The largest absolute Gasteiger partial charge is 0.378 e. The first-order chi connectivity index (χ1) is 13.1. The molecule has 1 aromatic rings. The number of hydrogen-bond acceptors (Lipinski definition) is 4. The second-order valence-corrected chi connectivity index (χ2v) is 7.24. The van der Waals surface area contributed by atoms with E-state index in [1.54, 1.807) is 4.90 Å². The molecule has 2 saturated heterocycles. The number of nitrogens with zero attached hydrogens (tertiary/aromatic N) is 2. The lowest BCUT2D eigenvalue weighted by Crippen LogP contribution is -2.45. The van der Waals surface area contributed by atoms with E-state index in [1.807, 2.05) is 12.1 Å². The topological polar surface area (TPSA) is 61.9 Å². The van der Waals surface area contributed by atoms with Crippen LogP contribution in [0.15, 0.2) is 24.3 Å². The highest BCUT2D eigenvalue weighted by atomic mass is 19.1. The number of likely N-dealkylation sites (tertiary alicyclic amines) is 1. The molecule has 0 aliphatic carbocycles. The Labute approximate surface area is 159 Å². The first kappa shape index (κ1) is 19.8. The molecule has 0 radical (unpaired) electrons. The maximum absolute atomic E-state index is 13.0. The van der Waals surface area contributed by atoms with E-state index in [4.69, 9.17) is 4.74 Å². The molecule has 2 aliphatic heterocycles. The minimum atomic E-state index is -0.215. The number of ether oxygens (including phenoxy) is 1. The van der Waals surface area contributed by atoms with Gasteiger partial charge in [-0.15, -0.1) is 0 Å². The fourth-order valence-electron chi connectivity index (χ4n) is 3.57. The molecule has 148 valence electrons. The summed E-state index contributed by atoms with van der Waals surface area (Å²) in [5, 5.41) is 3.06. The van der Waals surface area contributed by atoms with Gasteiger partial charge in [0, 0.05) is 51.6 Å². The van der Waals surface area contributed by atoms with Crippen molar-refractivity contribution in [3.63, 3.8) is 0 Å². The lowest BCUT2D eigenvalue weighted by Gasteiger charge is -2.32. The average Bonchev–Trinajstić information content (AvgIpc) is 2.70. The number of halogens is 1. The monoisotopic (exact) mass is 377 g/mol. The summed E-state index contributed by atoms with van der Waals surface area (Å²) in [6.45, 7) is 4.99. The zero-order valence-electron chi connectivity index (χ0n) is 15.7. The van der Waals surface area contributed by atoms with Gasteiger partial charge in [0.2, 0.25) is 11.8 Å². The molecule has 0 bridgehead atoms. The second-order valence-electron chi connectivity index (χ2n) is 7.24. The summed E-state index contributed by atoms with van der Waals surface area (Å²) in [5.41, 5.74) is 1.10. The van der Waals surface area contributed by atoms with Gasteiger partial charge in [-0.05, 0) is 30.5 Å². The second kappa shape index (κ2) is 9.80. The van der Waals surface area contributed by atoms with Gasteiger partial charge in [-0.2, -0.15) is 0 Å². The summed E-state index contributed by atoms with van der Waals surface area (Å²) in [6.07, 6.45) is 2.29. The van der Waals surface area contributed by atoms with Crippen LogP contribution in [0, 0.1) is 5.82 Å². The van der Waals surface area contributed by atoms with Crippen molar-refractivity contribution in [2.24, 2.45) is 0 Å². The van der Waals surface area contributed by atoms with E-state index in [1.165, 1.54) is 12.1 Å². The Morgan fingerprint density at radius 3 is 2.37 bits per heavy atom. The van der Waals surface area contributed by atoms with Crippen LogP contribution in [0.2, 0.25) is 0 Å². The lowest BCUT2D eigenvalue weighted by molar-refractivity contribution is -0.137. The Hall–Kier alpha value is -1.99. The van der Waals surface area contributed by atoms with Crippen molar-refractivity contribution in [2.45, 2.75) is 38.3 Å². The van der Waals surface area contributed by atoms with Crippen LogP contribution in [0.1, 0.15) is 31.2 Å². The molecule has 0 atom stereocenters. The number of morpholine rings is 1. The van der Waals surface area contributed by atoms with E-state index < -0.39 is 0 Å². The fraction of sp³-hybridized carbons (Fsp3) is 0.600. The van der Waals surface area contributed by atoms with Crippen LogP contribution in [0.3, 0.4) is 0 Å². The van der Waals surface area contributed by atoms with Crippen molar-refractivity contribution in [2.75, 3.05) is 39.4 Å². The summed E-state index contributed by atoms with van der Waals surface area (Å²) in [4.78, 5) is 28.3. The van der Waals surface area contributed by atoms with Crippen LogP contribution in [0.25, 0.3) is 0 Å². The van der Waals surface area contributed by atoms with Crippen LogP contribution < -0.4 is 5.32 Å². The van der Waals surface area contributed by atoms with Crippen molar-refractivity contribution in [3.8, 4) is 0 Å². The summed E-state index contributed by atoms with van der Waals surface area (Å²) in [7, 11) is 0. The lowest BCUT2D eigenvalue weighted by atomic mass is 10.0. The van der Waals surface area contributed by atoms with Crippen LogP contribution in [0.4, 0.5) is 4.39 Å². The quantitative estimate of drug-likeness (QED) is 0.817. The molecule has 1 aromatic carbocycles. The smallest absolute Gasteiger partial charge is 0.223 e. The van der Waals surface area contributed by atoms with Crippen molar-refractivity contribution < 1.29 is 18.7 Å². The van der Waals surface area contributed by atoms with Crippen molar-refractivity contribution >= 4 is 11.8 Å². The van der Waals surface area contributed by atoms with Crippen LogP contribution >= 0.6 is 0 Å². The molecular weight excluding hydrogens is 349 g/mol. The van der Waals surface area contributed by atoms with Gasteiger partial charge in [0.1, 0.15) is 5.82 Å². The molecule has 0 spiro atoms. The molecule has 3 rings (SSSR count). The minimum Gasteiger partial charge on any atom is -0.378 e. The van der Waals surface area contributed by atoms with Gasteiger partial charge in [0.05, 0.1) is 13.2 Å². The van der Waals surface area contributed by atoms with Gasteiger partial charge in [0.25, 0.3) is 0 Å². The SMILES string of the molecule is O=C(CCC(=O)N1CCOCC1)NC1CCN(Cc2ccc(F)cc2)CC1. The van der Waals surface area contributed by atoms with Gasteiger partial charge in [0.15, 0.2) is 0 Å². The highest BCUT2D eigenvalue weighted by Crippen LogP contribution is 2.15. The van der Waals surface area contributed by atoms with Gasteiger partial charge >= 0.3 is 0 Å². The van der Waals surface area contributed by atoms with E-state index in [-0.39, 0.29) is 36.5 Å². The third kappa shape index (κ3) is 6.29. The maximum atomic E-state index is 13.0. The summed E-state index contributed by atoms with van der Waals surface area (Å²) in [6, 6.07) is 6.77. The molecule has 0 aromatic heterocycles. The molecule has 0 saturated carbocycles. The number of carbonyl (C=O) groups excluding carboxylic acids is 2. The average molecular weight is 377 g/mol. The van der Waals surface area contributed by atoms with E-state index in [0.29, 0.717) is 26.3 Å². The Kier molecular flexibility index (Phi) is 7.18. The fourth-order valence-corrected chi connectivity index (χ4v) is 3.57. The number of hydrogen-bond donors (Lipinski definition) is 1. The van der Waals surface area contributed by atoms with E-state index in [9.17, 15) is 14.0 Å².